The van der Waals surface area contributed by atoms with E-state index in [-0.39, 0.29) is 0 Å². The molecule has 1 aliphatic carbocycles. The van der Waals surface area contributed by atoms with Crippen molar-refractivity contribution in [3.63, 3.8) is 0 Å². The van der Waals surface area contributed by atoms with Crippen LogP contribution < -0.4 is 5.32 Å². The third-order valence-electron chi connectivity index (χ3n) is 5.55. The van der Waals surface area contributed by atoms with E-state index in [9.17, 15) is 14.7 Å². The lowest BCUT2D eigenvalue weighted by Gasteiger charge is -2.15. The summed E-state index contributed by atoms with van der Waals surface area (Å²) in [6.45, 7) is 3.79. The Bertz CT molecular complexity index is 1440. The number of hydrogen-bond donors (Lipinski definition) is 2. The van der Waals surface area contributed by atoms with Gasteiger partial charge in [0.2, 0.25) is 0 Å². The van der Waals surface area contributed by atoms with Crippen LogP contribution in [0.1, 0.15) is 52.7 Å². The number of aromatic nitrogens is 3. The maximum absolute atomic E-state index is 12.4. The minimum atomic E-state index is -0.830. The number of carboxylic acids is 1. The van der Waals surface area contributed by atoms with Crippen LogP contribution in [0.3, 0.4) is 0 Å². The molecule has 3 heterocycles. The zero-order valence-electron chi connectivity index (χ0n) is 18.1. The largest absolute Gasteiger partial charge is 0.481 e. The van der Waals surface area contributed by atoms with E-state index in [1.165, 1.54) is 34.2 Å². The highest BCUT2D eigenvalue weighted by Gasteiger charge is 2.54. The van der Waals surface area contributed by atoms with Crippen molar-refractivity contribution in [1.82, 2.24) is 14.3 Å². The van der Waals surface area contributed by atoms with Crippen LogP contribution in [0.25, 0.3) is 9.66 Å². The minimum absolute atomic E-state index is 0.404. The summed E-state index contributed by atoms with van der Waals surface area (Å²) >= 11 is 3.91. The molecule has 34 heavy (non-hydrogen) atoms. The predicted octanol–water partition coefficient (Wildman–Crippen LogP) is 5.34. The smallest absolute Gasteiger partial charge is 0.412 e. The average molecular weight is 511 g/mol. The molecular formula is C23H18N4O4S3. The molecule has 0 saturated heterocycles. The summed E-state index contributed by atoms with van der Waals surface area (Å²) in [5.74, 6) is 5.08. The fraction of sp³-hybridized carbons (Fsp3) is 0.261. The number of nitrogens with zero attached hydrogens (tertiary/aromatic N) is 3. The van der Waals surface area contributed by atoms with Gasteiger partial charge in [0.25, 0.3) is 0 Å². The summed E-state index contributed by atoms with van der Waals surface area (Å²) < 4.78 is 10.6. The Morgan fingerprint density at radius 2 is 2.00 bits per heavy atom. The Balaban J connectivity index is 1.27. The Labute approximate surface area is 206 Å². The molecule has 1 saturated carbocycles. The Morgan fingerprint density at radius 3 is 2.71 bits per heavy atom. The maximum atomic E-state index is 12.4. The molecule has 5 rings (SSSR count). The Morgan fingerprint density at radius 1 is 1.21 bits per heavy atom. The van der Waals surface area contributed by atoms with Crippen molar-refractivity contribution >= 4 is 61.6 Å². The standard InChI is InChI=1S/C23H18N4O4S3/c1-12-5-3-4-6-14(12)13(2)31-22(30)24-16-11-32-27-15(16)7-8-17-25-18-19(33-17)34-20(26-18)23(9-10-23)21(28)29/h3-6,11,13H,9-10H2,1-2H3,(H,24,30)(H,28,29). The number of rotatable bonds is 5. The van der Waals surface area contributed by atoms with Gasteiger partial charge >= 0.3 is 12.1 Å². The highest BCUT2D eigenvalue weighted by molar-refractivity contribution is 7.38. The van der Waals surface area contributed by atoms with E-state index < -0.39 is 23.6 Å². The van der Waals surface area contributed by atoms with Crippen molar-refractivity contribution in [3.05, 3.63) is 56.5 Å². The summed E-state index contributed by atoms with van der Waals surface area (Å²) in [4.78, 5) is 32.8. The summed E-state index contributed by atoms with van der Waals surface area (Å²) in [6, 6.07) is 7.75. The molecule has 0 spiro atoms. The zero-order valence-corrected chi connectivity index (χ0v) is 20.6. The fourth-order valence-corrected chi connectivity index (χ4v) is 6.27. The van der Waals surface area contributed by atoms with Crippen molar-refractivity contribution in [2.45, 2.75) is 38.2 Å². The monoisotopic (exact) mass is 510 g/mol. The maximum Gasteiger partial charge on any atom is 0.412 e. The van der Waals surface area contributed by atoms with Gasteiger partial charge in [-0.05, 0) is 61.2 Å². The molecule has 172 valence electrons. The number of benzene rings is 1. The molecule has 2 N–H and O–H groups in total. The molecule has 4 aromatic rings. The normalized spacial score (nSPS) is 14.8. The first-order chi connectivity index (χ1) is 16.4. The van der Waals surface area contributed by atoms with Crippen LogP contribution in [-0.4, -0.2) is 31.5 Å². The van der Waals surface area contributed by atoms with Crippen molar-refractivity contribution in [2.75, 3.05) is 5.32 Å². The van der Waals surface area contributed by atoms with E-state index in [4.69, 9.17) is 4.74 Å². The van der Waals surface area contributed by atoms with Crippen LogP contribution in [0.4, 0.5) is 10.5 Å². The van der Waals surface area contributed by atoms with Crippen molar-refractivity contribution in [1.29, 1.82) is 0 Å². The second-order valence-electron chi connectivity index (χ2n) is 7.89. The van der Waals surface area contributed by atoms with Gasteiger partial charge in [0.15, 0.2) is 16.3 Å². The molecule has 1 fully saturated rings. The number of amides is 1. The van der Waals surface area contributed by atoms with Crippen molar-refractivity contribution < 1.29 is 19.4 Å². The van der Waals surface area contributed by atoms with Gasteiger partial charge in [0.1, 0.15) is 20.5 Å². The molecule has 0 aliphatic heterocycles. The number of ether oxygens (including phenoxy) is 1. The van der Waals surface area contributed by atoms with Crippen LogP contribution in [0, 0.1) is 18.8 Å². The topological polar surface area (TPSA) is 114 Å². The molecule has 1 aromatic carbocycles. The first-order valence-corrected chi connectivity index (χ1v) is 12.8. The third-order valence-corrected chi connectivity index (χ3v) is 8.48. The number of carbonyl (C=O) groups is 2. The predicted molar refractivity (Wildman–Crippen MR) is 132 cm³/mol. The van der Waals surface area contributed by atoms with Crippen LogP contribution in [0.5, 0.6) is 0 Å². The quantitative estimate of drug-likeness (QED) is 0.348. The molecule has 11 heteroatoms. The van der Waals surface area contributed by atoms with Gasteiger partial charge in [-0.2, -0.15) is 4.37 Å². The van der Waals surface area contributed by atoms with Gasteiger partial charge in [-0.25, -0.2) is 14.8 Å². The molecule has 1 unspecified atom stereocenters. The SMILES string of the molecule is Cc1ccccc1C(C)OC(=O)Nc1csnc1C#Cc1nc2nc(C3(C(=O)O)CC3)sc2s1. The van der Waals surface area contributed by atoms with Crippen molar-refractivity contribution in [2.24, 2.45) is 0 Å². The molecule has 0 radical (unpaired) electrons. The lowest BCUT2D eigenvalue weighted by atomic mass is 10.1. The average Bonchev–Trinajstić information content (AvgIpc) is 3.12. The van der Waals surface area contributed by atoms with Gasteiger partial charge in [0, 0.05) is 5.38 Å². The van der Waals surface area contributed by atoms with Crippen LogP contribution in [-0.2, 0) is 14.9 Å². The molecule has 3 aromatic heterocycles. The second-order valence-corrected chi connectivity index (χ2v) is 10.8. The van der Waals surface area contributed by atoms with Gasteiger partial charge in [-0.3, -0.25) is 10.1 Å². The third kappa shape index (κ3) is 4.27. The Kier molecular flexibility index (Phi) is 5.81. The lowest BCUT2D eigenvalue weighted by molar-refractivity contribution is -0.140. The number of fused-ring (bicyclic) bond motifs is 1. The number of hydrogen-bond acceptors (Lipinski definition) is 9. The summed E-state index contributed by atoms with van der Waals surface area (Å²) in [6.07, 6.45) is 0.236. The van der Waals surface area contributed by atoms with Crippen LogP contribution >= 0.6 is 34.2 Å². The zero-order chi connectivity index (χ0) is 23.9. The molecule has 1 amide bonds. The number of carboxylic acid groups (broad SMARTS) is 1. The number of thiazole rings is 2. The van der Waals surface area contributed by atoms with Crippen molar-refractivity contribution in [3.8, 4) is 11.8 Å². The van der Waals surface area contributed by atoms with Crippen LogP contribution in [0.15, 0.2) is 29.6 Å². The van der Waals surface area contributed by atoms with E-state index in [0.29, 0.717) is 39.9 Å². The van der Waals surface area contributed by atoms with E-state index in [1.54, 1.807) is 5.38 Å². The molecule has 1 atom stereocenters. The number of aliphatic carboxylic acids is 1. The molecule has 1 aliphatic rings. The molecular weight excluding hydrogens is 492 g/mol. The number of aryl methyl sites for hydroxylation is 1. The summed E-state index contributed by atoms with van der Waals surface area (Å²) in [7, 11) is 0. The highest BCUT2D eigenvalue weighted by Crippen LogP contribution is 2.51. The first kappa shape index (κ1) is 22.5. The Hall–Kier alpha value is -3.33. The van der Waals surface area contributed by atoms with E-state index in [1.807, 2.05) is 38.1 Å². The minimum Gasteiger partial charge on any atom is -0.481 e. The number of carbonyl (C=O) groups excluding carboxylic acids is 1. The van der Waals surface area contributed by atoms with E-state index in [0.717, 1.165) is 15.1 Å². The first-order valence-electron chi connectivity index (χ1n) is 10.4. The van der Waals surface area contributed by atoms with Gasteiger partial charge in [0.05, 0.1) is 5.69 Å². The van der Waals surface area contributed by atoms with Gasteiger partial charge < -0.3 is 9.84 Å². The highest BCUT2D eigenvalue weighted by atomic mass is 32.2. The second kappa shape index (κ2) is 8.79. The molecule has 0 bridgehead atoms. The van der Waals surface area contributed by atoms with E-state index >= 15 is 0 Å². The molecule has 8 nitrogen and oxygen atoms in total. The summed E-state index contributed by atoms with van der Waals surface area (Å²) in [5, 5.41) is 15.0. The van der Waals surface area contributed by atoms with Gasteiger partial charge in [-0.1, -0.05) is 35.6 Å². The van der Waals surface area contributed by atoms with Crippen LogP contribution in [0.2, 0.25) is 0 Å². The lowest BCUT2D eigenvalue weighted by Crippen LogP contribution is -2.18. The van der Waals surface area contributed by atoms with Gasteiger partial charge in [-0.15, -0.1) is 11.3 Å². The fourth-order valence-electron chi connectivity index (χ4n) is 3.48. The number of nitrogens with one attached hydrogen (secondary N) is 1. The number of anilines is 1. The summed E-state index contributed by atoms with van der Waals surface area (Å²) in [5.41, 5.74) is 2.57. The van der Waals surface area contributed by atoms with E-state index in [2.05, 4.69) is 31.5 Å².